The van der Waals surface area contributed by atoms with Gasteiger partial charge in [0.2, 0.25) is 0 Å². The Bertz CT molecular complexity index is 4370. The Labute approximate surface area is 436 Å². The molecule has 0 N–H and O–H groups in total. The zero-order valence-electron chi connectivity index (χ0n) is 41.7. The third-order valence-electron chi connectivity index (χ3n) is 15.7. The van der Waals surface area contributed by atoms with Gasteiger partial charge in [-0.1, -0.05) is 215 Å². The minimum Gasteiger partial charge on any atom is -0.208 e. The molecule has 4 nitrogen and oxygen atoms in total. The highest BCUT2D eigenvalue weighted by atomic mass is 32.1. The molecule has 0 fully saturated rings. The Morgan fingerprint density at radius 3 is 1.65 bits per heavy atom. The normalized spacial score (nSPS) is 13.0. The predicted octanol–water partition coefficient (Wildman–Crippen LogP) is 17.8. The first-order valence-corrected chi connectivity index (χ1v) is 29.7. The summed E-state index contributed by atoms with van der Waals surface area (Å²) in [6, 6.07) is 75.0. The summed E-state index contributed by atoms with van der Waals surface area (Å²) in [5, 5.41) is 15.9. The predicted molar refractivity (Wildman–Crippen MR) is 313 cm³/mol. The number of rotatable bonds is 7. The molecule has 0 spiro atoms. The van der Waals surface area contributed by atoms with Crippen LogP contribution in [0, 0.1) is 11.3 Å². The first kappa shape index (κ1) is 44.1. The van der Waals surface area contributed by atoms with E-state index in [1.54, 1.807) is 0 Å². The quantitative estimate of drug-likeness (QED) is 0.149. The van der Waals surface area contributed by atoms with Crippen LogP contribution in [0.5, 0.6) is 0 Å². The second-order valence-corrected chi connectivity index (χ2v) is 27.6. The number of thiophene rings is 1. The van der Waals surface area contributed by atoms with E-state index in [2.05, 4.69) is 197 Å². The van der Waals surface area contributed by atoms with E-state index in [1.165, 1.54) is 97.3 Å². The molecule has 2 heterocycles. The minimum absolute atomic E-state index is 0.150. The molecule has 2 aromatic heterocycles. The standard InChI is InChI=1S/C68H48N4SSi/c1-68(2)58-16-10-9-14-55(58)62-56(15-11-17-59(62)68)67-71-65(43-12-7-6-8-13-43)70-66(72-67)44-24-22-42(23-25-44)48-32-35-54-57-38-47(74(3,4)5)28-31-50(57)53-34-33-49(63(48)64(53)54)46-27-30-52-51-29-26-45(36-60(51)73-61(52)37-46)41-20-18-40(39-69)19-21-41/h6-38H,1-5H3. The van der Waals surface area contributed by atoms with Gasteiger partial charge in [-0.05, 0) is 113 Å². The van der Waals surface area contributed by atoms with E-state index < -0.39 is 8.07 Å². The molecule has 0 aliphatic heterocycles. The molecular formula is C68H48N4SSi. The number of nitrogens with zero attached hydrogens (tertiary/aromatic N) is 4. The van der Waals surface area contributed by atoms with E-state index >= 15 is 0 Å². The lowest BCUT2D eigenvalue weighted by Gasteiger charge is -2.21. The van der Waals surface area contributed by atoms with Gasteiger partial charge in [0.25, 0.3) is 0 Å². The van der Waals surface area contributed by atoms with Crippen molar-refractivity contribution in [1.29, 1.82) is 5.26 Å². The van der Waals surface area contributed by atoms with Crippen LogP contribution in [0.15, 0.2) is 200 Å². The van der Waals surface area contributed by atoms with Crippen molar-refractivity contribution in [3.63, 3.8) is 0 Å². The lowest BCUT2D eigenvalue weighted by molar-refractivity contribution is 0.660. The first-order valence-electron chi connectivity index (χ1n) is 25.4. The van der Waals surface area contributed by atoms with Crippen molar-refractivity contribution in [1.82, 2.24) is 15.0 Å². The van der Waals surface area contributed by atoms with Crippen molar-refractivity contribution in [3.8, 4) is 107 Å². The lowest BCUT2D eigenvalue weighted by Crippen LogP contribution is -2.37. The summed E-state index contributed by atoms with van der Waals surface area (Å²) in [7, 11) is -1.59. The molecule has 10 aromatic carbocycles. The fourth-order valence-corrected chi connectivity index (χ4v) is 14.2. The van der Waals surface area contributed by atoms with E-state index in [9.17, 15) is 5.26 Å². The van der Waals surface area contributed by atoms with E-state index in [1.807, 2.05) is 53.8 Å². The largest absolute Gasteiger partial charge is 0.208 e. The molecule has 2 aliphatic rings. The summed E-state index contributed by atoms with van der Waals surface area (Å²) in [4.78, 5) is 15.7. The summed E-state index contributed by atoms with van der Waals surface area (Å²) in [6.07, 6.45) is 0. The molecule has 2 aliphatic carbocycles. The maximum Gasteiger partial charge on any atom is 0.164 e. The number of aromatic nitrogens is 3. The van der Waals surface area contributed by atoms with E-state index in [4.69, 9.17) is 15.0 Å². The van der Waals surface area contributed by atoms with E-state index in [0.717, 1.165) is 33.4 Å². The Hall–Kier alpha value is -8.60. The Balaban J connectivity index is 0.917. The van der Waals surface area contributed by atoms with Crippen LogP contribution >= 0.6 is 11.3 Å². The van der Waals surface area contributed by atoms with Crippen LogP contribution in [0.25, 0.3) is 132 Å². The van der Waals surface area contributed by atoms with Crippen molar-refractivity contribution >= 4 is 55.5 Å². The molecule has 0 unspecified atom stereocenters. The van der Waals surface area contributed by atoms with Gasteiger partial charge < -0.3 is 0 Å². The van der Waals surface area contributed by atoms with Crippen LogP contribution in [-0.4, -0.2) is 23.0 Å². The first-order chi connectivity index (χ1) is 36.0. The van der Waals surface area contributed by atoms with Crippen LogP contribution in [0.2, 0.25) is 19.6 Å². The number of fused-ring (bicyclic) bond motifs is 9. The van der Waals surface area contributed by atoms with Crippen molar-refractivity contribution in [3.05, 3.63) is 217 Å². The number of benzene rings is 10. The van der Waals surface area contributed by atoms with Gasteiger partial charge in [-0.25, -0.2) is 15.0 Å². The van der Waals surface area contributed by atoms with Gasteiger partial charge in [-0.2, -0.15) is 5.26 Å². The molecule has 0 saturated heterocycles. The second-order valence-electron chi connectivity index (χ2n) is 21.4. The SMILES string of the molecule is CC1(C)c2ccccc2-c2c(-c3nc(-c4ccccc4)nc(-c4ccc(-c5ccc6c7c(ccc(-c8ccc9c(c8)sc8cc(-c%10ccc(C#N)cc%10)ccc89)c57)-c5ccc([Si](C)(C)C)cc5-6)cc4)n3)cccc21. The summed E-state index contributed by atoms with van der Waals surface area (Å²) in [6.45, 7) is 11.9. The maximum absolute atomic E-state index is 9.39. The van der Waals surface area contributed by atoms with Crippen molar-refractivity contribution in [2.45, 2.75) is 38.9 Å². The number of hydrogen-bond acceptors (Lipinski definition) is 5. The van der Waals surface area contributed by atoms with Gasteiger partial charge in [0, 0.05) is 42.3 Å². The zero-order valence-corrected chi connectivity index (χ0v) is 43.6. The smallest absolute Gasteiger partial charge is 0.164 e. The summed E-state index contributed by atoms with van der Waals surface area (Å²) in [5.41, 5.74) is 20.7. The van der Waals surface area contributed by atoms with Crippen LogP contribution in [0.4, 0.5) is 0 Å². The van der Waals surface area contributed by atoms with Gasteiger partial charge >= 0.3 is 0 Å². The third kappa shape index (κ3) is 6.88. The summed E-state index contributed by atoms with van der Waals surface area (Å²) >= 11 is 1.84. The topological polar surface area (TPSA) is 62.5 Å². The van der Waals surface area contributed by atoms with Crippen LogP contribution in [0.1, 0.15) is 30.5 Å². The maximum atomic E-state index is 9.39. The van der Waals surface area contributed by atoms with E-state index in [0.29, 0.717) is 23.0 Å². The van der Waals surface area contributed by atoms with Crippen LogP contribution < -0.4 is 5.19 Å². The molecule has 74 heavy (non-hydrogen) atoms. The van der Waals surface area contributed by atoms with Gasteiger partial charge in [0.15, 0.2) is 17.5 Å². The number of nitriles is 1. The molecule has 0 radical (unpaired) electrons. The average molecular weight is 981 g/mol. The fourth-order valence-electron chi connectivity index (χ4n) is 11.8. The van der Waals surface area contributed by atoms with E-state index in [-0.39, 0.29) is 5.41 Å². The summed E-state index contributed by atoms with van der Waals surface area (Å²) in [5.74, 6) is 1.95. The highest BCUT2D eigenvalue weighted by Crippen LogP contribution is 2.54. The Morgan fingerprint density at radius 2 is 0.932 bits per heavy atom. The Morgan fingerprint density at radius 1 is 0.405 bits per heavy atom. The molecular weight excluding hydrogens is 933 g/mol. The highest BCUT2D eigenvalue weighted by Gasteiger charge is 2.37. The number of hydrogen-bond donors (Lipinski definition) is 0. The molecule has 12 aromatic rings. The lowest BCUT2D eigenvalue weighted by atomic mass is 9.82. The average Bonchev–Trinajstić information content (AvgIpc) is 4.06. The Kier molecular flexibility index (Phi) is 9.81. The highest BCUT2D eigenvalue weighted by molar-refractivity contribution is 7.25. The second kappa shape index (κ2) is 16.5. The molecule has 0 saturated carbocycles. The van der Waals surface area contributed by atoms with Gasteiger partial charge in [-0.3, -0.25) is 0 Å². The van der Waals surface area contributed by atoms with Gasteiger partial charge in [0.05, 0.1) is 19.7 Å². The third-order valence-corrected chi connectivity index (χ3v) is 18.9. The zero-order chi connectivity index (χ0) is 50.0. The minimum atomic E-state index is -1.59. The fraction of sp³-hybridized carbons (Fsp3) is 0.0882. The molecule has 0 amide bonds. The van der Waals surface area contributed by atoms with Gasteiger partial charge in [-0.15, -0.1) is 11.3 Å². The molecule has 14 rings (SSSR count). The van der Waals surface area contributed by atoms with Crippen molar-refractivity contribution < 1.29 is 0 Å². The molecule has 0 atom stereocenters. The van der Waals surface area contributed by atoms with Gasteiger partial charge in [0.1, 0.15) is 0 Å². The molecule has 0 bridgehead atoms. The molecule has 350 valence electrons. The van der Waals surface area contributed by atoms with Crippen LogP contribution in [-0.2, 0) is 5.41 Å². The molecule has 6 heteroatoms. The van der Waals surface area contributed by atoms with Crippen molar-refractivity contribution in [2.24, 2.45) is 0 Å². The summed E-state index contributed by atoms with van der Waals surface area (Å²) < 4.78 is 2.50. The van der Waals surface area contributed by atoms with Crippen molar-refractivity contribution in [2.75, 3.05) is 0 Å². The van der Waals surface area contributed by atoms with Crippen LogP contribution in [0.3, 0.4) is 0 Å². The monoisotopic (exact) mass is 980 g/mol.